The largest absolute Gasteiger partial charge is 1.00 e. The average Bonchev–Trinajstić information content (AvgIpc) is 2.62. The Bertz CT molecular complexity index is 854. The van der Waals surface area contributed by atoms with Crippen molar-refractivity contribution in [1.82, 2.24) is 9.55 Å². The van der Waals surface area contributed by atoms with Crippen molar-refractivity contribution < 1.29 is 26.3 Å². The number of fused-ring (bicyclic) bond motifs is 1. The van der Waals surface area contributed by atoms with Crippen molar-refractivity contribution in [3.63, 3.8) is 0 Å². The molecule has 27 heavy (non-hydrogen) atoms. The van der Waals surface area contributed by atoms with E-state index in [0.29, 0.717) is 35.6 Å². The number of ketones is 1. The number of carbonyl (C=O) groups excluding carboxylic acids is 1. The topological polar surface area (TPSA) is 52.0 Å². The van der Waals surface area contributed by atoms with E-state index in [-0.39, 0.29) is 28.2 Å². The molecule has 0 amide bonds. The lowest BCUT2D eigenvalue weighted by molar-refractivity contribution is -0.944. The van der Waals surface area contributed by atoms with Crippen LogP contribution in [0, 0.1) is 6.92 Å². The van der Waals surface area contributed by atoms with Gasteiger partial charge in [0.1, 0.15) is 5.65 Å². The fourth-order valence-electron chi connectivity index (χ4n) is 3.79. The maximum absolute atomic E-state index is 12.9. The number of aryl methyl sites for hydroxylation is 2. The Morgan fingerprint density at radius 2 is 1.81 bits per heavy atom. The molecule has 0 aliphatic carbocycles. The Kier molecular flexibility index (Phi) is 8.36. The fraction of sp³-hybridized carbons (Fsp3) is 0.571. The van der Waals surface area contributed by atoms with Crippen LogP contribution in [0.5, 0.6) is 0 Å². The molecule has 0 aliphatic heterocycles. The molecule has 0 saturated carbocycles. The highest BCUT2D eigenvalue weighted by Gasteiger charge is 2.28. The van der Waals surface area contributed by atoms with Gasteiger partial charge in [-0.15, -0.1) is 0 Å². The molecule has 2 rings (SSSR count). The average molecular weight is 438 g/mol. The summed E-state index contributed by atoms with van der Waals surface area (Å²) in [5, 5.41) is 0.527. The number of quaternary nitrogens is 1. The van der Waals surface area contributed by atoms with Crippen LogP contribution in [0.1, 0.15) is 57.1 Å². The van der Waals surface area contributed by atoms with Gasteiger partial charge in [-0.3, -0.25) is 9.59 Å². The van der Waals surface area contributed by atoms with Crippen molar-refractivity contribution in [1.29, 1.82) is 0 Å². The standard InChI is InChI=1S/C21H32N3O2.BrH/c1-7-23-14-18(20(26)17-11-10-16(6)22-21(17)23)19(25)12-13-24(8-2,9-3)15(4)5;/h10-11,14-15H,7-9,12-13H2,1-6H3;1H/q+1;/p-1. The van der Waals surface area contributed by atoms with Crippen molar-refractivity contribution in [3.8, 4) is 0 Å². The molecule has 0 radical (unpaired) electrons. The Morgan fingerprint density at radius 1 is 1.19 bits per heavy atom. The van der Waals surface area contributed by atoms with Gasteiger partial charge in [0, 0.05) is 18.4 Å². The molecule has 150 valence electrons. The molecule has 0 aliphatic rings. The van der Waals surface area contributed by atoms with E-state index in [2.05, 4.69) is 32.7 Å². The van der Waals surface area contributed by atoms with Gasteiger partial charge >= 0.3 is 0 Å². The first-order chi connectivity index (χ1) is 12.3. The van der Waals surface area contributed by atoms with E-state index in [0.717, 1.165) is 29.8 Å². The Hall–Kier alpha value is -1.53. The van der Waals surface area contributed by atoms with Crippen LogP contribution >= 0.6 is 0 Å². The van der Waals surface area contributed by atoms with Gasteiger partial charge in [0.2, 0.25) is 5.43 Å². The van der Waals surface area contributed by atoms with Crippen molar-refractivity contribution >= 4 is 16.8 Å². The Balaban J connectivity index is 0.00000364. The quantitative estimate of drug-likeness (QED) is 0.447. The predicted octanol–water partition coefficient (Wildman–Crippen LogP) is 0.567. The predicted molar refractivity (Wildman–Crippen MR) is 107 cm³/mol. The molecule has 0 saturated heterocycles. The first-order valence-corrected chi connectivity index (χ1v) is 9.69. The maximum atomic E-state index is 12.9. The van der Waals surface area contributed by atoms with Crippen LogP contribution in [0.2, 0.25) is 0 Å². The second-order valence-corrected chi connectivity index (χ2v) is 7.32. The van der Waals surface area contributed by atoms with Gasteiger partial charge < -0.3 is 26.0 Å². The molecule has 0 fully saturated rings. The summed E-state index contributed by atoms with van der Waals surface area (Å²) in [6.45, 7) is 16.0. The lowest BCUT2D eigenvalue weighted by atomic mass is 10.1. The van der Waals surface area contributed by atoms with Crippen LogP contribution < -0.4 is 22.4 Å². The summed E-state index contributed by atoms with van der Waals surface area (Å²) >= 11 is 0. The SMILES string of the molecule is CCn1cc(C(=O)CC[N+](CC)(CC)C(C)C)c(=O)c2ccc(C)nc21.[Br-]. The van der Waals surface area contributed by atoms with Crippen LogP contribution in [0.15, 0.2) is 23.1 Å². The van der Waals surface area contributed by atoms with Gasteiger partial charge in [0.05, 0.1) is 43.0 Å². The normalized spacial score (nSPS) is 11.7. The highest BCUT2D eigenvalue weighted by molar-refractivity contribution is 5.98. The molecule has 0 unspecified atom stereocenters. The molecular formula is C21H32BrN3O2. The minimum Gasteiger partial charge on any atom is -1.00 e. The maximum Gasteiger partial charge on any atom is 0.201 e. The van der Waals surface area contributed by atoms with E-state index in [1.165, 1.54) is 0 Å². The highest BCUT2D eigenvalue weighted by atomic mass is 79.9. The molecule has 0 N–H and O–H groups in total. The third kappa shape index (κ3) is 4.66. The van der Waals surface area contributed by atoms with E-state index in [1.54, 1.807) is 12.3 Å². The summed E-state index contributed by atoms with van der Waals surface area (Å²) in [7, 11) is 0. The van der Waals surface area contributed by atoms with E-state index in [1.807, 2.05) is 24.5 Å². The van der Waals surface area contributed by atoms with Crippen molar-refractivity contribution in [2.24, 2.45) is 0 Å². The molecule has 0 aromatic carbocycles. The van der Waals surface area contributed by atoms with Gasteiger partial charge in [-0.25, -0.2) is 4.98 Å². The molecular weight excluding hydrogens is 406 g/mol. The molecule has 0 bridgehead atoms. The number of aromatic nitrogens is 2. The lowest BCUT2D eigenvalue weighted by Crippen LogP contribution is -3.00. The number of Topliss-reactive ketones (excluding diaryl/α,β-unsaturated/α-hetero) is 1. The molecule has 2 aromatic heterocycles. The third-order valence-electron chi connectivity index (χ3n) is 5.84. The van der Waals surface area contributed by atoms with Crippen LogP contribution in [0.25, 0.3) is 11.0 Å². The zero-order valence-electron chi connectivity index (χ0n) is 17.4. The highest BCUT2D eigenvalue weighted by Crippen LogP contribution is 2.17. The van der Waals surface area contributed by atoms with Crippen molar-refractivity contribution in [3.05, 3.63) is 39.8 Å². The van der Waals surface area contributed by atoms with Gasteiger partial charge in [-0.05, 0) is 53.7 Å². The monoisotopic (exact) mass is 437 g/mol. The number of halogens is 1. The first-order valence-electron chi connectivity index (χ1n) is 9.69. The van der Waals surface area contributed by atoms with Crippen LogP contribution in [0.3, 0.4) is 0 Å². The summed E-state index contributed by atoms with van der Waals surface area (Å²) in [5.74, 6) is -0.0651. The van der Waals surface area contributed by atoms with E-state index in [4.69, 9.17) is 0 Å². The summed E-state index contributed by atoms with van der Waals surface area (Å²) in [4.78, 5) is 30.3. The Morgan fingerprint density at radius 3 is 2.33 bits per heavy atom. The number of nitrogens with zero attached hydrogens (tertiary/aromatic N) is 3. The molecule has 2 aromatic rings. The zero-order chi connectivity index (χ0) is 19.5. The second kappa shape index (κ2) is 9.60. The van der Waals surface area contributed by atoms with Crippen LogP contribution in [-0.2, 0) is 6.54 Å². The van der Waals surface area contributed by atoms with Gasteiger partial charge in [0.25, 0.3) is 0 Å². The van der Waals surface area contributed by atoms with Crippen molar-refractivity contribution in [2.45, 2.75) is 60.5 Å². The van der Waals surface area contributed by atoms with E-state index >= 15 is 0 Å². The molecule has 0 atom stereocenters. The van der Waals surface area contributed by atoms with Gasteiger partial charge in [-0.2, -0.15) is 0 Å². The number of carbonyl (C=O) groups is 1. The molecule has 5 nitrogen and oxygen atoms in total. The zero-order valence-corrected chi connectivity index (χ0v) is 19.0. The second-order valence-electron chi connectivity index (χ2n) is 7.32. The van der Waals surface area contributed by atoms with E-state index < -0.39 is 0 Å². The summed E-state index contributed by atoms with van der Waals surface area (Å²) in [6.07, 6.45) is 2.09. The number of pyridine rings is 2. The fourth-order valence-corrected chi connectivity index (χ4v) is 3.79. The molecule has 0 spiro atoms. The van der Waals surface area contributed by atoms with Gasteiger partial charge in [-0.1, -0.05) is 0 Å². The number of hydrogen-bond donors (Lipinski definition) is 0. The summed E-state index contributed by atoms with van der Waals surface area (Å²) < 4.78 is 2.79. The minimum atomic E-state index is -0.196. The summed E-state index contributed by atoms with van der Waals surface area (Å²) in [5.41, 5.74) is 1.61. The van der Waals surface area contributed by atoms with E-state index in [9.17, 15) is 9.59 Å². The smallest absolute Gasteiger partial charge is 0.201 e. The van der Waals surface area contributed by atoms with Crippen molar-refractivity contribution in [2.75, 3.05) is 19.6 Å². The first kappa shape index (κ1) is 23.5. The lowest BCUT2D eigenvalue weighted by Gasteiger charge is -2.40. The number of rotatable bonds is 8. The molecule has 2 heterocycles. The summed E-state index contributed by atoms with van der Waals surface area (Å²) in [6, 6.07) is 4.07. The van der Waals surface area contributed by atoms with Gasteiger partial charge in [0.15, 0.2) is 5.78 Å². The molecule has 6 heteroatoms. The van der Waals surface area contributed by atoms with Crippen LogP contribution in [0.4, 0.5) is 0 Å². The third-order valence-corrected chi connectivity index (χ3v) is 5.84. The minimum absolute atomic E-state index is 0. The van der Waals surface area contributed by atoms with Crippen LogP contribution in [-0.4, -0.2) is 45.5 Å². The Labute approximate surface area is 172 Å². The number of hydrogen-bond acceptors (Lipinski definition) is 3.